The van der Waals surface area contributed by atoms with Gasteiger partial charge in [0, 0.05) is 6.04 Å². The summed E-state index contributed by atoms with van der Waals surface area (Å²) in [5, 5.41) is 0. The van der Waals surface area contributed by atoms with Crippen LogP contribution in [0, 0.1) is 6.92 Å². The quantitative estimate of drug-likeness (QED) is 0.668. The summed E-state index contributed by atoms with van der Waals surface area (Å²) in [5.41, 5.74) is 4.65. The molecule has 0 bridgehead atoms. The van der Waals surface area contributed by atoms with Gasteiger partial charge >= 0.3 is 0 Å². The molecule has 1 atom stereocenters. The number of benzene rings is 1. The van der Waals surface area contributed by atoms with Crippen LogP contribution in [-0.2, 0) is 12.8 Å². The first-order valence-corrected chi connectivity index (χ1v) is 7.15. The van der Waals surface area contributed by atoms with Crippen molar-refractivity contribution in [2.75, 3.05) is 13.1 Å². The molecule has 1 nitrogen and oxygen atoms in total. The molecule has 0 saturated carbocycles. The number of rotatable bonds is 1. The zero-order valence-electron chi connectivity index (χ0n) is 10.9. The summed E-state index contributed by atoms with van der Waals surface area (Å²) in [6.45, 7) is 4.91. The molecule has 1 heteroatoms. The van der Waals surface area contributed by atoms with Crippen LogP contribution in [-0.4, -0.2) is 24.0 Å². The molecule has 0 spiro atoms. The van der Waals surface area contributed by atoms with Gasteiger partial charge in [0.2, 0.25) is 0 Å². The maximum absolute atomic E-state index is 2.73. The number of fused-ring (bicyclic) bond motifs is 1. The van der Waals surface area contributed by atoms with E-state index in [0.29, 0.717) is 0 Å². The van der Waals surface area contributed by atoms with Gasteiger partial charge < -0.3 is 4.90 Å². The Bertz CT molecular complexity index is 391. The summed E-state index contributed by atoms with van der Waals surface area (Å²) < 4.78 is 0. The highest BCUT2D eigenvalue weighted by Gasteiger charge is 2.24. The van der Waals surface area contributed by atoms with Crippen LogP contribution >= 0.6 is 0 Å². The Labute approximate surface area is 105 Å². The van der Waals surface area contributed by atoms with E-state index in [4.69, 9.17) is 0 Å². The lowest BCUT2D eigenvalue weighted by atomic mass is 10.0. The SMILES string of the molecule is Cc1ccc2c(c1)CC[C@H](N1CCCC1)CC2. The normalized spacial score (nSPS) is 25.6. The highest BCUT2D eigenvalue weighted by atomic mass is 15.2. The van der Waals surface area contributed by atoms with Gasteiger partial charge in [0.1, 0.15) is 0 Å². The van der Waals surface area contributed by atoms with E-state index in [-0.39, 0.29) is 0 Å². The smallest absolute Gasteiger partial charge is 0.0102 e. The van der Waals surface area contributed by atoms with Gasteiger partial charge in [-0.1, -0.05) is 23.8 Å². The minimum absolute atomic E-state index is 0.852. The third kappa shape index (κ3) is 2.40. The number of likely N-dealkylation sites (tertiary alicyclic amines) is 1. The maximum atomic E-state index is 2.73. The molecule has 17 heavy (non-hydrogen) atoms. The van der Waals surface area contributed by atoms with Gasteiger partial charge in [-0.2, -0.15) is 0 Å². The fraction of sp³-hybridized carbons (Fsp3) is 0.625. The average Bonchev–Trinajstić information content (AvgIpc) is 2.77. The lowest BCUT2D eigenvalue weighted by molar-refractivity contribution is 0.222. The zero-order chi connectivity index (χ0) is 11.7. The Balaban J connectivity index is 1.74. The highest BCUT2D eigenvalue weighted by Crippen LogP contribution is 2.26. The van der Waals surface area contributed by atoms with E-state index in [1.165, 1.54) is 57.2 Å². The van der Waals surface area contributed by atoms with E-state index < -0.39 is 0 Å². The second-order valence-corrected chi connectivity index (χ2v) is 5.75. The van der Waals surface area contributed by atoms with Gasteiger partial charge in [-0.25, -0.2) is 0 Å². The van der Waals surface area contributed by atoms with Gasteiger partial charge in [0.15, 0.2) is 0 Å². The van der Waals surface area contributed by atoms with Gasteiger partial charge in [-0.05, 0) is 69.7 Å². The third-order valence-electron chi connectivity index (χ3n) is 4.51. The van der Waals surface area contributed by atoms with Crippen LogP contribution in [0.4, 0.5) is 0 Å². The van der Waals surface area contributed by atoms with Crippen molar-refractivity contribution in [1.29, 1.82) is 0 Å². The Morgan fingerprint density at radius 2 is 1.71 bits per heavy atom. The lowest BCUT2D eigenvalue weighted by Crippen LogP contribution is -2.32. The van der Waals surface area contributed by atoms with Gasteiger partial charge in [0.05, 0.1) is 0 Å². The first-order chi connectivity index (χ1) is 8.33. The second-order valence-electron chi connectivity index (χ2n) is 5.75. The molecule has 0 unspecified atom stereocenters. The van der Waals surface area contributed by atoms with Crippen LogP contribution in [0.15, 0.2) is 18.2 Å². The van der Waals surface area contributed by atoms with Crippen LogP contribution < -0.4 is 0 Å². The summed E-state index contributed by atoms with van der Waals surface area (Å²) in [7, 11) is 0. The minimum atomic E-state index is 0.852. The molecular weight excluding hydrogens is 206 g/mol. The van der Waals surface area contributed by atoms with E-state index in [1.807, 2.05) is 0 Å². The minimum Gasteiger partial charge on any atom is -0.300 e. The van der Waals surface area contributed by atoms with Crippen LogP contribution in [0.1, 0.15) is 42.4 Å². The van der Waals surface area contributed by atoms with Crippen molar-refractivity contribution < 1.29 is 0 Å². The molecule has 1 saturated heterocycles. The van der Waals surface area contributed by atoms with Crippen molar-refractivity contribution in [3.05, 3.63) is 34.9 Å². The number of aryl methyl sites for hydroxylation is 3. The van der Waals surface area contributed by atoms with Crippen molar-refractivity contribution in [3.63, 3.8) is 0 Å². The molecule has 0 N–H and O–H groups in total. The topological polar surface area (TPSA) is 3.24 Å². The second kappa shape index (κ2) is 4.81. The highest BCUT2D eigenvalue weighted by molar-refractivity contribution is 5.32. The van der Waals surface area contributed by atoms with E-state index >= 15 is 0 Å². The number of hydrogen-bond acceptors (Lipinski definition) is 1. The Kier molecular flexibility index (Phi) is 3.19. The van der Waals surface area contributed by atoms with Crippen molar-refractivity contribution in [1.82, 2.24) is 4.90 Å². The van der Waals surface area contributed by atoms with Crippen LogP contribution in [0.3, 0.4) is 0 Å². The predicted octanol–water partition coefficient (Wildman–Crippen LogP) is 3.34. The largest absolute Gasteiger partial charge is 0.300 e. The Morgan fingerprint density at radius 3 is 2.47 bits per heavy atom. The third-order valence-corrected chi connectivity index (χ3v) is 4.51. The molecule has 0 aromatic heterocycles. The molecule has 1 aliphatic carbocycles. The molecule has 1 aromatic rings. The van der Waals surface area contributed by atoms with Crippen molar-refractivity contribution in [3.8, 4) is 0 Å². The first kappa shape index (κ1) is 11.3. The molecule has 1 heterocycles. The van der Waals surface area contributed by atoms with E-state index in [0.717, 1.165) is 6.04 Å². The van der Waals surface area contributed by atoms with Crippen LogP contribution in [0.5, 0.6) is 0 Å². The average molecular weight is 229 g/mol. The molecule has 1 aliphatic heterocycles. The van der Waals surface area contributed by atoms with Gasteiger partial charge in [-0.15, -0.1) is 0 Å². The van der Waals surface area contributed by atoms with Crippen molar-refractivity contribution >= 4 is 0 Å². The van der Waals surface area contributed by atoms with Crippen molar-refractivity contribution in [2.45, 2.75) is 51.5 Å². The lowest BCUT2D eigenvalue weighted by Gasteiger charge is -2.25. The summed E-state index contributed by atoms with van der Waals surface area (Å²) in [5.74, 6) is 0. The standard InChI is InChI=1S/C16H23N/c1-13-4-5-14-6-8-16(9-7-15(14)12-13)17-10-2-3-11-17/h4-5,12,16H,2-3,6-11H2,1H3/t16-/m1/s1. The fourth-order valence-corrected chi connectivity index (χ4v) is 3.49. The van der Waals surface area contributed by atoms with Crippen molar-refractivity contribution in [2.24, 2.45) is 0 Å². The molecule has 3 rings (SSSR count). The molecule has 92 valence electrons. The molecule has 1 fully saturated rings. The first-order valence-electron chi connectivity index (χ1n) is 7.15. The molecule has 2 aliphatic rings. The van der Waals surface area contributed by atoms with Gasteiger partial charge in [0.25, 0.3) is 0 Å². The molecule has 0 radical (unpaired) electrons. The van der Waals surface area contributed by atoms with E-state index in [2.05, 4.69) is 30.0 Å². The fourth-order valence-electron chi connectivity index (χ4n) is 3.49. The molecule has 0 amide bonds. The molecule has 1 aromatic carbocycles. The van der Waals surface area contributed by atoms with E-state index in [9.17, 15) is 0 Å². The maximum Gasteiger partial charge on any atom is 0.0102 e. The van der Waals surface area contributed by atoms with E-state index in [1.54, 1.807) is 11.1 Å². The predicted molar refractivity (Wildman–Crippen MR) is 72.4 cm³/mol. The Hall–Kier alpha value is -0.820. The zero-order valence-corrected chi connectivity index (χ0v) is 10.9. The number of nitrogens with zero attached hydrogens (tertiary/aromatic N) is 1. The van der Waals surface area contributed by atoms with Crippen LogP contribution in [0.2, 0.25) is 0 Å². The summed E-state index contributed by atoms with van der Waals surface area (Å²) in [6, 6.07) is 7.89. The monoisotopic (exact) mass is 229 g/mol. The summed E-state index contributed by atoms with van der Waals surface area (Å²) in [6.07, 6.45) is 8.16. The molecular formula is C16H23N. The Morgan fingerprint density at radius 1 is 1.00 bits per heavy atom. The number of hydrogen-bond donors (Lipinski definition) is 0. The summed E-state index contributed by atoms with van der Waals surface area (Å²) >= 11 is 0. The van der Waals surface area contributed by atoms with Crippen LogP contribution in [0.25, 0.3) is 0 Å². The van der Waals surface area contributed by atoms with Gasteiger partial charge in [-0.3, -0.25) is 0 Å². The summed E-state index contributed by atoms with van der Waals surface area (Å²) in [4.78, 5) is 2.73.